The summed E-state index contributed by atoms with van der Waals surface area (Å²) < 4.78 is 0. The van der Waals surface area contributed by atoms with E-state index in [9.17, 15) is 14.7 Å². The SMILES string of the molecule is CCC(CC)(CO)NC(=O)C1CCN(C(C)=O)CC1. The Morgan fingerprint density at radius 1 is 1.26 bits per heavy atom. The lowest BCUT2D eigenvalue weighted by atomic mass is 9.90. The van der Waals surface area contributed by atoms with Gasteiger partial charge in [-0.3, -0.25) is 9.59 Å². The molecule has 0 spiro atoms. The molecule has 110 valence electrons. The van der Waals surface area contributed by atoms with E-state index in [1.807, 2.05) is 13.8 Å². The lowest BCUT2D eigenvalue weighted by Crippen LogP contribution is -2.53. The van der Waals surface area contributed by atoms with Crippen molar-refractivity contribution >= 4 is 11.8 Å². The lowest BCUT2D eigenvalue weighted by molar-refractivity contribution is -0.135. The van der Waals surface area contributed by atoms with Crippen LogP contribution in [0.5, 0.6) is 0 Å². The lowest BCUT2D eigenvalue weighted by Gasteiger charge is -2.35. The van der Waals surface area contributed by atoms with Crippen LogP contribution in [-0.2, 0) is 9.59 Å². The molecule has 0 bridgehead atoms. The number of hydrogen-bond acceptors (Lipinski definition) is 3. The number of likely N-dealkylation sites (tertiary alicyclic amines) is 1. The molecule has 19 heavy (non-hydrogen) atoms. The molecule has 0 aromatic carbocycles. The van der Waals surface area contributed by atoms with Crippen molar-refractivity contribution in [1.29, 1.82) is 0 Å². The highest BCUT2D eigenvalue weighted by atomic mass is 16.3. The molecule has 5 heteroatoms. The van der Waals surface area contributed by atoms with E-state index >= 15 is 0 Å². The molecule has 1 heterocycles. The van der Waals surface area contributed by atoms with Crippen molar-refractivity contribution in [2.24, 2.45) is 5.92 Å². The second-order valence-electron chi connectivity index (χ2n) is 5.42. The zero-order valence-corrected chi connectivity index (χ0v) is 12.2. The first kappa shape index (κ1) is 16.0. The molecule has 0 saturated carbocycles. The standard InChI is InChI=1S/C14H26N2O3/c1-4-14(5-2,10-17)15-13(19)12-6-8-16(9-7-12)11(3)18/h12,17H,4-10H2,1-3H3,(H,15,19). The molecular formula is C14H26N2O3. The number of hydrogen-bond donors (Lipinski definition) is 2. The summed E-state index contributed by atoms with van der Waals surface area (Å²) in [5.41, 5.74) is -0.491. The number of nitrogens with zero attached hydrogens (tertiary/aromatic N) is 1. The van der Waals surface area contributed by atoms with E-state index in [1.165, 1.54) is 0 Å². The van der Waals surface area contributed by atoms with Gasteiger partial charge in [-0.2, -0.15) is 0 Å². The summed E-state index contributed by atoms with van der Waals surface area (Å²) in [4.78, 5) is 25.3. The van der Waals surface area contributed by atoms with Crippen LogP contribution in [0.25, 0.3) is 0 Å². The van der Waals surface area contributed by atoms with E-state index in [1.54, 1.807) is 11.8 Å². The Kier molecular flexibility index (Phi) is 5.79. The smallest absolute Gasteiger partial charge is 0.223 e. The highest BCUT2D eigenvalue weighted by molar-refractivity contribution is 5.80. The molecule has 5 nitrogen and oxygen atoms in total. The molecule has 0 aliphatic carbocycles. The van der Waals surface area contributed by atoms with Crippen LogP contribution in [0.2, 0.25) is 0 Å². The van der Waals surface area contributed by atoms with E-state index < -0.39 is 5.54 Å². The van der Waals surface area contributed by atoms with E-state index in [4.69, 9.17) is 0 Å². The van der Waals surface area contributed by atoms with Crippen molar-refractivity contribution in [2.75, 3.05) is 19.7 Å². The summed E-state index contributed by atoms with van der Waals surface area (Å²) in [7, 11) is 0. The maximum Gasteiger partial charge on any atom is 0.223 e. The molecule has 1 saturated heterocycles. The van der Waals surface area contributed by atoms with Crippen LogP contribution in [0, 0.1) is 5.92 Å². The van der Waals surface area contributed by atoms with Gasteiger partial charge in [0.1, 0.15) is 0 Å². The zero-order chi connectivity index (χ0) is 14.5. The molecule has 1 fully saturated rings. The summed E-state index contributed by atoms with van der Waals surface area (Å²) in [5, 5.41) is 12.5. The van der Waals surface area contributed by atoms with Crippen LogP contribution in [0.1, 0.15) is 46.5 Å². The van der Waals surface area contributed by atoms with Crippen molar-refractivity contribution < 1.29 is 14.7 Å². The van der Waals surface area contributed by atoms with E-state index in [2.05, 4.69) is 5.32 Å². The van der Waals surface area contributed by atoms with Crippen LogP contribution in [0.4, 0.5) is 0 Å². The van der Waals surface area contributed by atoms with Crippen molar-refractivity contribution in [2.45, 2.75) is 52.0 Å². The number of carbonyl (C=O) groups is 2. The van der Waals surface area contributed by atoms with Crippen molar-refractivity contribution in [3.8, 4) is 0 Å². The number of aliphatic hydroxyl groups excluding tert-OH is 1. The van der Waals surface area contributed by atoms with Crippen LogP contribution in [0.15, 0.2) is 0 Å². The van der Waals surface area contributed by atoms with Crippen molar-refractivity contribution in [1.82, 2.24) is 10.2 Å². The fraction of sp³-hybridized carbons (Fsp3) is 0.857. The normalized spacial score (nSPS) is 17.4. The largest absolute Gasteiger partial charge is 0.394 e. The Balaban J connectivity index is 2.53. The average molecular weight is 270 g/mol. The van der Waals surface area contributed by atoms with Crippen LogP contribution in [0.3, 0.4) is 0 Å². The monoisotopic (exact) mass is 270 g/mol. The molecule has 2 N–H and O–H groups in total. The minimum absolute atomic E-state index is 0.0148. The average Bonchev–Trinajstić information content (AvgIpc) is 2.45. The van der Waals surface area contributed by atoms with Gasteiger partial charge >= 0.3 is 0 Å². The van der Waals surface area contributed by atoms with Gasteiger partial charge in [-0.05, 0) is 25.7 Å². The molecule has 0 aromatic rings. The van der Waals surface area contributed by atoms with Crippen molar-refractivity contribution in [3.05, 3.63) is 0 Å². The van der Waals surface area contributed by atoms with Gasteiger partial charge in [0.05, 0.1) is 12.1 Å². The molecule has 2 amide bonds. The number of rotatable bonds is 5. The highest BCUT2D eigenvalue weighted by Crippen LogP contribution is 2.21. The molecule has 1 aliphatic heterocycles. The number of carbonyl (C=O) groups excluding carboxylic acids is 2. The summed E-state index contributed by atoms with van der Waals surface area (Å²) in [6.07, 6.45) is 2.86. The molecule has 1 rings (SSSR count). The van der Waals surface area contributed by atoms with E-state index in [0.29, 0.717) is 25.9 Å². The Bertz CT molecular complexity index is 310. The molecule has 0 radical (unpaired) electrons. The van der Waals surface area contributed by atoms with E-state index in [0.717, 1.165) is 12.8 Å². The molecule has 0 atom stereocenters. The first-order chi connectivity index (χ1) is 8.98. The Labute approximate surface area is 115 Å². The third-order valence-corrected chi connectivity index (χ3v) is 4.36. The summed E-state index contributed by atoms with van der Waals surface area (Å²) in [6.45, 7) is 6.77. The predicted molar refractivity (Wildman–Crippen MR) is 73.5 cm³/mol. The van der Waals surface area contributed by atoms with Gasteiger partial charge < -0.3 is 15.3 Å². The highest BCUT2D eigenvalue weighted by Gasteiger charge is 2.32. The second-order valence-corrected chi connectivity index (χ2v) is 5.42. The third-order valence-electron chi connectivity index (χ3n) is 4.36. The van der Waals surface area contributed by atoms with Crippen LogP contribution < -0.4 is 5.32 Å². The summed E-state index contributed by atoms with van der Waals surface area (Å²) in [6, 6.07) is 0. The minimum Gasteiger partial charge on any atom is -0.394 e. The van der Waals surface area contributed by atoms with Crippen LogP contribution in [-0.4, -0.2) is 47.1 Å². The predicted octanol–water partition coefficient (Wildman–Crippen LogP) is 0.912. The first-order valence-corrected chi connectivity index (χ1v) is 7.16. The van der Waals surface area contributed by atoms with Crippen molar-refractivity contribution in [3.63, 3.8) is 0 Å². The Morgan fingerprint density at radius 2 is 1.79 bits per heavy atom. The van der Waals surface area contributed by atoms with Gasteiger partial charge in [-0.15, -0.1) is 0 Å². The molecule has 0 unspecified atom stereocenters. The number of nitrogens with one attached hydrogen (secondary N) is 1. The van der Waals surface area contributed by atoms with Gasteiger partial charge in [0, 0.05) is 25.9 Å². The zero-order valence-electron chi connectivity index (χ0n) is 12.2. The Morgan fingerprint density at radius 3 is 2.16 bits per heavy atom. The summed E-state index contributed by atoms with van der Waals surface area (Å²) >= 11 is 0. The fourth-order valence-corrected chi connectivity index (χ4v) is 2.51. The molecular weight excluding hydrogens is 244 g/mol. The summed E-state index contributed by atoms with van der Waals surface area (Å²) in [5.74, 6) is 0.0475. The fourth-order valence-electron chi connectivity index (χ4n) is 2.51. The molecule has 1 aliphatic rings. The van der Waals surface area contributed by atoms with Gasteiger partial charge in [0.25, 0.3) is 0 Å². The minimum atomic E-state index is -0.491. The Hall–Kier alpha value is -1.10. The maximum absolute atomic E-state index is 12.2. The third kappa shape index (κ3) is 3.93. The van der Waals surface area contributed by atoms with E-state index in [-0.39, 0.29) is 24.3 Å². The maximum atomic E-state index is 12.2. The van der Waals surface area contributed by atoms with Gasteiger partial charge in [0.2, 0.25) is 11.8 Å². The van der Waals surface area contributed by atoms with Crippen LogP contribution >= 0.6 is 0 Å². The number of aliphatic hydroxyl groups is 1. The number of amides is 2. The quantitative estimate of drug-likeness (QED) is 0.780. The molecule has 0 aromatic heterocycles. The van der Waals surface area contributed by atoms with Gasteiger partial charge in [-0.1, -0.05) is 13.8 Å². The topological polar surface area (TPSA) is 69.6 Å². The van der Waals surface area contributed by atoms with Gasteiger partial charge in [-0.25, -0.2) is 0 Å². The number of piperidine rings is 1. The van der Waals surface area contributed by atoms with Gasteiger partial charge in [0.15, 0.2) is 0 Å². The first-order valence-electron chi connectivity index (χ1n) is 7.16. The second kappa shape index (κ2) is 6.89.